The lowest BCUT2D eigenvalue weighted by Crippen LogP contribution is -2.01. The first-order valence-electron chi connectivity index (χ1n) is 10.5. The molecule has 0 saturated heterocycles. The molecule has 0 fully saturated rings. The summed E-state index contributed by atoms with van der Waals surface area (Å²) in [5, 5.41) is 0. The molecule has 0 N–H and O–H groups in total. The van der Waals surface area contributed by atoms with Gasteiger partial charge in [0, 0.05) is 17.2 Å². The minimum absolute atomic E-state index is 0.0476. The molecule has 180 valence electrons. The summed E-state index contributed by atoms with van der Waals surface area (Å²) in [5.74, 6) is -5.94. The number of benzene rings is 3. The lowest BCUT2D eigenvalue weighted by Gasteiger charge is -2.12. The van der Waals surface area contributed by atoms with Crippen LogP contribution in [-0.4, -0.2) is 6.18 Å². The van der Waals surface area contributed by atoms with Crippen LogP contribution in [0.2, 0.25) is 0 Å². The molecule has 0 aromatic heterocycles. The molecule has 0 unspecified atom stereocenters. The molecule has 3 aromatic carbocycles. The molecule has 0 heterocycles. The molecular formula is C26H20F8. The predicted molar refractivity (Wildman–Crippen MR) is 115 cm³/mol. The van der Waals surface area contributed by atoms with E-state index in [1.165, 1.54) is 12.1 Å². The Hall–Kier alpha value is -3.16. The van der Waals surface area contributed by atoms with Gasteiger partial charge in [-0.1, -0.05) is 31.9 Å². The van der Waals surface area contributed by atoms with Crippen molar-refractivity contribution in [2.75, 3.05) is 0 Å². The molecule has 0 saturated carbocycles. The molecule has 0 nitrogen and oxygen atoms in total. The molecule has 34 heavy (non-hydrogen) atoms. The van der Waals surface area contributed by atoms with Crippen LogP contribution in [0.4, 0.5) is 35.1 Å². The van der Waals surface area contributed by atoms with E-state index in [1.807, 2.05) is 6.92 Å². The Balaban J connectivity index is 1.96. The normalized spacial score (nSPS) is 12.0. The van der Waals surface area contributed by atoms with Crippen molar-refractivity contribution in [3.63, 3.8) is 0 Å². The van der Waals surface area contributed by atoms with Crippen molar-refractivity contribution >= 4 is 6.08 Å². The zero-order valence-electron chi connectivity index (χ0n) is 18.0. The summed E-state index contributed by atoms with van der Waals surface area (Å²) in [6, 6.07) is 7.10. The summed E-state index contributed by atoms with van der Waals surface area (Å²) < 4.78 is 110. The largest absolute Gasteiger partial charge is 0.409 e. The quantitative estimate of drug-likeness (QED) is 0.232. The summed E-state index contributed by atoms with van der Waals surface area (Å²) in [7, 11) is 0. The third-order valence-electron chi connectivity index (χ3n) is 5.26. The predicted octanol–water partition coefficient (Wildman–Crippen LogP) is 9.02. The number of allylic oxidation sites excluding steroid dienone is 1. The van der Waals surface area contributed by atoms with Gasteiger partial charge in [0.15, 0.2) is 0 Å². The highest BCUT2D eigenvalue weighted by molar-refractivity contribution is 5.73. The third-order valence-corrected chi connectivity index (χ3v) is 5.26. The highest BCUT2D eigenvalue weighted by atomic mass is 19.4. The van der Waals surface area contributed by atoms with Crippen molar-refractivity contribution < 1.29 is 35.1 Å². The zero-order valence-corrected chi connectivity index (χ0v) is 18.0. The van der Waals surface area contributed by atoms with Gasteiger partial charge in [0.25, 0.3) is 0 Å². The Morgan fingerprint density at radius 1 is 0.706 bits per heavy atom. The summed E-state index contributed by atoms with van der Waals surface area (Å²) in [5.41, 5.74) is -1.75. The van der Waals surface area contributed by atoms with Gasteiger partial charge in [-0.15, -0.1) is 0 Å². The maximum Gasteiger partial charge on any atom is 0.409 e. The van der Waals surface area contributed by atoms with Gasteiger partial charge in [0.05, 0.1) is 5.56 Å². The van der Waals surface area contributed by atoms with Gasteiger partial charge >= 0.3 is 6.18 Å². The molecule has 3 aromatic rings. The molecule has 0 aliphatic rings. The van der Waals surface area contributed by atoms with E-state index in [-0.39, 0.29) is 23.3 Å². The van der Waals surface area contributed by atoms with Crippen LogP contribution >= 0.6 is 0 Å². The average molecular weight is 484 g/mol. The second kappa shape index (κ2) is 10.4. The minimum atomic E-state index is -4.80. The van der Waals surface area contributed by atoms with E-state index in [1.54, 1.807) is 6.07 Å². The molecule has 0 aliphatic heterocycles. The van der Waals surface area contributed by atoms with Crippen LogP contribution in [0.5, 0.6) is 0 Å². The van der Waals surface area contributed by atoms with Crippen LogP contribution in [0.15, 0.2) is 48.5 Å². The highest BCUT2D eigenvalue weighted by Gasteiger charge is 2.24. The van der Waals surface area contributed by atoms with E-state index >= 15 is 0 Å². The number of unbranched alkanes of at least 4 members (excludes halogenated alkanes) is 2. The van der Waals surface area contributed by atoms with Gasteiger partial charge in [0.2, 0.25) is 0 Å². The Bertz CT molecular complexity index is 1160. The second-order valence-corrected chi connectivity index (χ2v) is 7.81. The fraction of sp³-hybridized carbons (Fsp3) is 0.231. The van der Waals surface area contributed by atoms with Crippen LogP contribution < -0.4 is 0 Å². The zero-order chi connectivity index (χ0) is 25.0. The Kier molecular flexibility index (Phi) is 7.79. The monoisotopic (exact) mass is 484 g/mol. The number of rotatable bonds is 7. The molecule has 0 amide bonds. The van der Waals surface area contributed by atoms with Crippen LogP contribution in [-0.2, 0) is 6.42 Å². The number of aryl methyl sites for hydroxylation is 1. The Morgan fingerprint density at radius 3 is 1.82 bits per heavy atom. The van der Waals surface area contributed by atoms with Gasteiger partial charge in [-0.2, -0.15) is 13.2 Å². The molecular weight excluding hydrogens is 464 g/mol. The van der Waals surface area contributed by atoms with Gasteiger partial charge in [0.1, 0.15) is 29.1 Å². The van der Waals surface area contributed by atoms with Crippen LogP contribution in [0.25, 0.3) is 28.3 Å². The van der Waals surface area contributed by atoms with Gasteiger partial charge < -0.3 is 0 Å². The number of hydrogen-bond acceptors (Lipinski definition) is 0. The first-order chi connectivity index (χ1) is 16.0. The number of halogens is 8. The van der Waals surface area contributed by atoms with Crippen molar-refractivity contribution in [2.24, 2.45) is 0 Å². The molecule has 3 rings (SSSR count). The SMILES string of the molecule is CCCCCc1ccc(-c2cc(F)c(-c3cc(F)c(C=CC(F)(F)F)c(F)c3)c(F)c2)c(F)c1. The molecule has 0 aliphatic carbocycles. The van der Waals surface area contributed by atoms with Crippen molar-refractivity contribution in [1.82, 2.24) is 0 Å². The maximum atomic E-state index is 14.8. The van der Waals surface area contributed by atoms with E-state index in [9.17, 15) is 35.1 Å². The van der Waals surface area contributed by atoms with E-state index in [0.717, 1.165) is 37.0 Å². The van der Waals surface area contributed by atoms with Crippen molar-refractivity contribution in [1.29, 1.82) is 0 Å². The molecule has 0 atom stereocenters. The number of alkyl halides is 3. The van der Waals surface area contributed by atoms with Crippen LogP contribution in [0, 0.1) is 29.1 Å². The highest BCUT2D eigenvalue weighted by Crippen LogP contribution is 2.34. The molecule has 0 spiro atoms. The van der Waals surface area contributed by atoms with Crippen LogP contribution in [0.3, 0.4) is 0 Å². The minimum Gasteiger partial charge on any atom is -0.206 e. The third kappa shape index (κ3) is 6.04. The lowest BCUT2D eigenvalue weighted by atomic mass is 9.96. The Morgan fingerprint density at radius 2 is 1.29 bits per heavy atom. The van der Waals surface area contributed by atoms with Crippen LogP contribution in [0.1, 0.15) is 37.3 Å². The fourth-order valence-corrected chi connectivity index (χ4v) is 3.60. The summed E-state index contributed by atoms with van der Waals surface area (Å²) in [6.45, 7) is 2.04. The smallest absolute Gasteiger partial charge is 0.206 e. The second-order valence-electron chi connectivity index (χ2n) is 7.81. The van der Waals surface area contributed by atoms with Gasteiger partial charge in [-0.25, -0.2) is 22.0 Å². The first kappa shape index (κ1) is 25.5. The topological polar surface area (TPSA) is 0 Å². The lowest BCUT2D eigenvalue weighted by molar-refractivity contribution is -0.0790. The molecule has 0 bridgehead atoms. The molecule has 8 heteroatoms. The summed E-state index contributed by atoms with van der Waals surface area (Å²) in [6.07, 6.45) is -1.42. The molecule has 0 radical (unpaired) electrons. The van der Waals surface area contributed by atoms with E-state index in [4.69, 9.17) is 0 Å². The first-order valence-corrected chi connectivity index (χ1v) is 10.5. The van der Waals surface area contributed by atoms with E-state index in [2.05, 4.69) is 0 Å². The standard InChI is InChI=1S/C26H20F8/c1-2-3-4-5-15-6-7-18(20(27)10-15)16-11-23(30)25(24(31)12-16)17-13-21(28)19(22(29)14-17)8-9-26(32,33)34/h6-14H,2-5H2,1H3. The van der Waals surface area contributed by atoms with Gasteiger partial charge in [-0.3, -0.25) is 0 Å². The maximum absolute atomic E-state index is 14.8. The number of hydrogen-bond donors (Lipinski definition) is 0. The average Bonchev–Trinajstić information content (AvgIpc) is 2.72. The van der Waals surface area contributed by atoms with Crippen molar-refractivity contribution in [3.8, 4) is 22.3 Å². The van der Waals surface area contributed by atoms with E-state index < -0.39 is 52.0 Å². The summed E-state index contributed by atoms with van der Waals surface area (Å²) in [4.78, 5) is 0. The van der Waals surface area contributed by atoms with Crippen molar-refractivity contribution in [3.05, 3.63) is 88.8 Å². The summed E-state index contributed by atoms with van der Waals surface area (Å²) >= 11 is 0. The van der Waals surface area contributed by atoms with E-state index in [0.29, 0.717) is 18.6 Å². The Labute approximate surface area is 191 Å². The van der Waals surface area contributed by atoms with Crippen molar-refractivity contribution in [2.45, 2.75) is 38.8 Å². The fourth-order valence-electron chi connectivity index (χ4n) is 3.60. The van der Waals surface area contributed by atoms with Gasteiger partial charge in [-0.05, 0) is 65.9 Å².